The van der Waals surface area contributed by atoms with Crippen LogP contribution in [0.15, 0.2) is 90.0 Å². The average molecular weight is 570 g/mol. The van der Waals surface area contributed by atoms with Crippen LogP contribution >= 0.6 is 34.8 Å². The van der Waals surface area contributed by atoms with Gasteiger partial charge in [0.1, 0.15) is 19.0 Å². The van der Waals surface area contributed by atoms with Crippen molar-refractivity contribution in [2.24, 2.45) is 5.10 Å². The average Bonchev–Trinajstić information content (AvgIpc) is 2.93. The van der Waals surface area contributed by atoms with Crippen LogP contribution in [0.2, 0.25) is 15.1 Å². The van der Waals surface area contributed by atoms with E-state index in [9.17, 15) is 4.79 Å². The van der Waals surface area contributed by atoms with E-state index in [1.54, 1.807) is 55.6 Å². The van der Waals surface area contributed by atoms with E-state index in [1.165, 1.54) is 6.21 Å². The Morgan fingerprint density at radius 1 is 0.816 bits per heavy atom. The summed E-state index contributed by atoms with van der Waals surface area (Å²) in [6.45, 7) is 0.649. The van der Waals surface area contributed by atoms with Crippen LogP contribution in [0.1, 0.15) is 27.0 Å². The van der Waals surface area contributed by atoms with Gasteiger partial charge in [-0.25, -0.2) is 5.43 Å². The first kappa shape index (κ1) is 27.3. The molecule has 0 unspecified atom stereocenters. The Labute approximate surface area is 235 Å². The van der Waals surface area contributed by atoms with Gasteiger partial charge in [-0.3, -0.25) is 4.79 Å². The summed E-state index contributed by atoms with van der Waals surface area (Å²) in [5.74, 6) is 1.37. The number of ether oxygens (including phenoxy) is 3. The lowest BCUT2D eigenvalue weighted by Gasteiger charge is -2.11. The molecule has 0 saturated heterocycles. The minimum Gasteiger partial charge on any atom is -0.493 e. The number of halogens is 3. The molecule has 0 spiro atoms. The normalized spacial score (nSPS) is 10.8. The Balaban J connectivity index is 1.29. The van der Waals surface area contributed by atoms with Crippen LogP contribution in [0, 0.1) is 0 Å². The lowest BCUT2D eigenvalue weighted by molar-refractivity contribution is 0.0955. The molecule has 0 fully saturated rings. The quantitative estimate of drug-likeness (QED) is 0.158. The molecule has 4 aromatic rings. The van der Waals surface area contributed by atoms with Crippen molar-refractivity contribution in [3.05, 3.63) is 122 Å². The smallest absolute Gasteiger partial charge is 0.271 e. The van der Waals surface area contributed by atoms with E-state index in [2.05, 4.69) is 10.5 Å². The van der Waals surface area contributed by atoms with Crippen LogP contribution in [0.5, 0.6) is 17.2 Å². The van der Waals surface area contributed by atoms with Crippen molar-refractivity contribution < 1.29 is 19.0 Å². The van der Waals surface area contributed by atoms with Gasteiger partial charge in [-0.2, -0.15) is 5.10 Å². The molecule has 38 heavy (non-hydrogen) atoms. The molecule has 9 heteroatoms. The van der Waals surface area contributed by atoms with E-state index in [0.717, 1.165) is 16.7 Å². The maximum absolute atomic E-state index is 12.5. The number of carbonyl (C=O) groups excluding carboxylic acids is 1. The van der Waals surface area contributed by atoms with Crippen molar-refractivity contribution in [2.75, 3.05) is 7.11 Å². The minimum absolute atomic E-state index is 0.278. The van der Waals surface area contributed by atoms with E-state index in [-0.39, 0.29) is 12.5 Å². The van der Waals surface area contributed by atoms with Crippen LogP contribution in [0.4, 0.5) is 0 Å². The van der Waals surface area contributed by atoms with Crippen molar-refractivity contribution >= 4 is 46.9 Å². The fourth-order valence-electron chi connectivity index (χ4n) is 3.36. The molecule has 0 heterocycles. The van der Waals surface area contributed by atoms with E-state index in [0.29, 0.717) is 44.5 Å². The van der Waals surface area contributed by atoms with Crippen LogP contribution in [0.3, 0.4) is 0 Å². The molecule has 4 aromatic carbocycles. The van der Waals surface area contributed by atoms with Gasteiger partial charge in [0.2, 0.25) is 0 Å². The number of carbonyl (C=O) groups is 1. The summed E-state index contributed by atoms with van der Waals surface area (Å²) < 4.78 is 17.1. The molecule has 0 radical (unpaired) electrons. The van der Waals surface area contributed by atoms with Gasteiger partial charge in [-0.15, -0.1) is 0 Å². The Kier molecular flexibility index (Phi) is 9.49. The molecule has 1 N–H and O–H groups in total. The second-order valence-electron chi connectivity index (χ2n) is 8.07. The van der Waals surface area contributed by atoms with Crippen LogP contribution in [0.25, 0.3) is 0 Å². The summed E-state index contributed by atoms with van der Waals surface area (Å²) >= 11 is 18.0. The van der Waals surface area contributed by atoms with Crippen molar-refractivity contribution in [3.8, 4) is 17.2 Å². The molecule has 194 valence electrons. The number of hydrogen-bond acceptors (Lipinski definition) is 5. The molecule has 0 aliphatic rings. The predicted molar refractivity (Wildman–Crippen MR) is 151 cm³/mol. The van der Waals surface area contributed by atoms with Gasteiger partial charge in [0.15, 0.2) is 11.5 Å². The monoisotopic (exact) mass is 568 g/mol. The third-order valence-corrected chi connectivity index (χ3v) is 6.24. The molecule has 4 rings (SSSR count). The lowest BCUT2D eigenvalue weighted by atomic mass is 10.2. The van der Waals surface area contributed by atoms with Gasteiger partial charge in [-0.05, 0) is 77.9 Å². The molecule has 6 nitrogen and oxygen atoms in total. The van der Waals surface area contributed by atoms with E-state index < -0.39 is 0 Å². The molecule has 0 atom stereocenters. The summed E-state index contributed by atoms with van der Waals surface area (Å²) in [7, 11) is 1.56. The third kappa shape index (κ3) is 7.65. The topological polar surface area (TPSA) is 69.2 Å². The second-order valence-corrected chi connectivity index (χ2v) is 9.35. The standard InChI is InChI=1S/C29H23Cl3N2O4/c1-36-28-14-20(4-13-27(28)38-17-19-2-8-23(30)9-3-19)16-33-34-29(35)21-6-11-25(12-7-21)37-18-22-5-10-24(31)15-26(22)32/h2-16H,17-18H2,1H3,(H,34,35)/b33-16-. The highest BCUT2D eigenvalue weighted by Crippen LogP contribution is 2.28. The van der Waals surface area contributed by atoms with Crippen molar-refractivity contribution in [1.82, 2.24) is 5.43 Å². The van der Waals surface area contributed by atoms with Gasteiger partial charge in [0, 0.05) is 26.2 Å². The van der Waals surface area contributed by atoms with Crippen LogP contribution in [-0.2, 0) is 13.2 Å². The number of hydrazone groups is 1. The van der Waals surface area contributed by atoms with Gasteiger partial charge in [-0.1, -0.05) is 53.0 Å². The van der Waals surface area contributed by atoms with E-state index in [1.807, 2.05) is 36.4 Å². The molecular formula is C29H23Cl3N2O4. The number of amides is 1. The van der Waals surface area contributed by atoms with Crippen LogP contribution < -0.4 is 19.6 Å². The molecular weight excluding hydrogens is 547 g/mol. The Morgan fingerprint density at radius 3 is 2.26 bits per heavy atom. The number of rotatable bonds is 10. The zero-order valence-electron chi connectivity index (χ0n) is 20.3. The predicted octanol–water partition coefficient (Wildman–Crippen LogP) is 7.58. The highest BCUT2D eigenvalue weighted by molar-refractivity contribution is 6.35. The fraction of sp³-hybridized carbons (Fsp3) is 0.103. The van der Waals surface area contributed by atoms with Gasteiger partial charge in [0.25, 0.3) is 5.91 Å². The second kappa shape index (κ2) is 13.2. The minimum atomic E-state index is -0.358. The maximum atomic E-state index is 12.5. The third-order valence-electron chi connectivity index (χ3n) is 5.40. The largest absolute Gasteiger partial charge is 0.493 e. The first-order chi connectivity index (χ1) is 18.4. The number of nitrogens with zero attached hydrogens (tertiary/aromatic N) is 1. The van der Waals surface area contributed by atoms with Crippen molar-refractivity contribution in [2.45, 2.75) is 13.2 Å². The molecule has 1 amide bonds. The highest BCUT2D eigenvalue weighted by Gasteiger charge is 2.08. The first-order valence-electron chi connectivity index (χ1n) is 11.5. The summed E-state index contributed by atoms with van der Waals surface area (Å²) in [4.78, 5) is 12.5. The van der Waals surface area contributed by atoms with Gasteiger partial charge < -0.3 is 14.2 Å². The zero-order valence-corrected chi connectivity index (χ0v) is 22.6. The summed E-state index contributed by atoms with van der Waals surface area (Å²) in [5, 5.41) is 5.81. The van der Waals surface area contributed by atoms with Crippen molar-refractivity contribution in [1.29, 1.82) is 0 Å². The molecule has 0 aromatic heterocycles. The van der Waals surface area contributed by atoms with E-state index >= 15 is 0 Å². The zero-order chi connectivity index (χ0) is 26.9. The summed E-state index contributed by atoms with van der Waals surface area (Å²) in [5.41, 5.74) is 5.47. The molecule has 0 aliphatic carbocycles. The maximum Gasteiger partial charge on any atom is 0.271 e. The Morgan fingerprint density at radius 2 is 1.55 bits per heavy atom. The Hall–Kier alpha value is -3.71. The number of benzene rings is 4. The number of nitrogens with one attached hydrogen (secondary N) is 1. The number of methoxy groups -OCH3 is 1. The molecule has 0 aliphatic heterocycles. The first-order valence-corrected chi connectivity index (χ1v) is 12.6. The Bertz CT molecular complexity index is 1430. The van der Waals surface area contributed by atoms with Gasteiger partial charge >= 0.3 is 0 Å². The van der Waals surface area contributed by atoms with E-state index in [4.69, 9.17) is 49.0 Å². The van der Waals surface area contributed by atoms with Crippen LogP contribution in [-0.4, -0.2) is 19.2 Å². The SMILES string of the molecule is COc1cc(/C=N\NC(=O)c2ccc(OCc3ccc(Cl)cc3Cl)cc2)ccc1OCc1ccc(Cl)cc1. The molecule has 0 saturated carbocycles. The summed E-state index contributed by atoms with van der Waals surface area (Å²) in [6.07, 6.45) is 1.52. The van der Waals surface area contributed by atoms with Crippen molar-refractivity contribution in [3.63, 3.8) is 0 Å². The highest BCUT2D eigenvalue weighted by atomic mass is 35.5. The summed E-state index contributed by atoms with van der Waals surface area (Å²) in [6, 6.07) is 24.7. The lowest BCUT2D eigenvalue weighted by Crippen LogP contribution is -2.17. The molecule has 0 bridgehead atoms. The van der Waals surface area contributed by atoms with Gasteiger partial charge in [0.05, 0.1) is 13.3 Å². The fourth-order valence-corrected chi connectivity index (χ4v) is 3.95. The number of hydrogen-bond donors (Lipinski definition) is 1.